The van der Waals surface area contributed by atoms with E-state index in [0.717, 1.165) is 18.4 Å². The van der Waals surface area contributed by atoms with E-state index < -0.39 is 17.4 Å². The first-order valence-corrected chi connectivity index (χ1v) is 7.71. The van der Waals surface area contributed by atoms with Gasteiger partial charge in [0.1, 0.15) is 0 Å². The number of anilines is 1. The number of hydrogen-bond acceptors (Lipinski definition) is 3. The van der Waals surface area contributed by atoms with Crippen LogP contribution in [0.15, 0.2) is 24.3 Å². The van der Waals surface area contributed by atoms with Gasteiger partial charge in [0.2, 0.25) is 0 Å². The van der Waals surface area contributed by atoms with E-state index in [1.165, 1.54) is 0 Å². The van der Waals surface area contributed by atoms with Gasteiger partial charge in [0.15, 0.2) is 0 Å². The summed E-state index contributed by atoms with van der Waals surface area (Å²) in [4.78, 5) is 23.8. The molecule has 0 aromatic heterocycles. The zero-order valence-electron chi connectivity index (χ0n) is 13.8. The number of benzene rings is 1. The van der Waals surface area contributed by atoms with Crippen LogP contribution in [-0.2, 0) is 16.0 Å². The van der Waals surface area contributed by atoms with Crippen LogP contribution in [0, 0.1) is 5.92 Å². The molecule has 0 aliphatic rings. The lowest BCUT2D eigenvalue weighted by Crippen LogP contribution is -2.47. The lowest BCUT2D eigenvalue weighted by molar-refractivity contribution is -0.137. The molecule has 5 nitrogen and oxygen atoms in total. The molecule has 1 aromatic carbocycles. The molecule has 22 heavy (non-hydrogen) atoms. The van der Waals surface area contributed by atoms with Gasteiger partial charge in [-0.25, -0.2) is 0 Å². The standard InChI is InChI=1S/C17H26N2O3/c1-5-12(3)17(4,22)11-18-15(20)16(21)19-14-10-8-7-9-13(14)6-2/h7-10,12,22H,5-6,11H2,1-4H3,(H,18,20)(H,19,21)/t12-,17-/m0/s1. The van der Waals surface area contributed by atoms with E-state index in [1.54, 1.807) is 19.1 Å². The minimum atomic E-state index is -1.04. The number of carbonyl (C=O) groups is 2. The first-order valence-electron chi connectivity index (χ1n) is 7.71. The van der Waals surface area contributed by atoms with E-state index in [1.807, 2.05) is 32.9 Å². The van der Waals surface area contributed by atoms with Crippen LogP contribution < -0.4 is 10.6 Å². The Hall–Kier alpha value is -1.88. The van der Waals surface area contributed by atoms with Gasteiger partial charge in [0, 0.05) is 12.2 Å². The van der Waals surface area contributed by atoms with Gasteiger partial charge < -0.3 is 15.7 Å². The molecule has 0 fully saturated rings. The Kier molecular flexibility index (Phi) is 6.56. The Morgan fingerprint density at radius 3 is 2.45 bits per heavy atom. The summed E-state index contributed by atoms with van der Waals surface area (Å²) in [5.41, 5.74) is 0.570. The monoisotopic (exact) mass is 306 g/mol. The lowest BCUT2D eigenvalue weighted by Gasteiger charge is -2.29. The summed E-state index contributed by atoms with van der Waals surface area (Å²) in [6.45, 7) is 7.56. The Balaban J connectivity index is 2.61. The average Bonchev–Trinajstić information content (AvgIpc) is 2.52. The van der Waals surface area contributed by atoms with Gasteiger partial charge in [-0.2, -0.15) is 0 Å². The number of hydrogen-bond donors (Lipinski definition) is 3. The van der Waals surface area contributed by atoms with Crippen LogP contribution in [0.2, 0.25) is 0 Å². The molecule has 0 radical (unpaired) electrons. The van der Waals surface area contributed by atoms with Crippen molar-refractivity contribution in [3.05, 3.63) is 29.8 Å². The summed E-state index contributed by atoms with van der Waals surface area (Å²) < 4.78 is 0. The van der Waals surface area contributed by atoms with Crippen LogP contribution in [0.25, 0.3) is 0 Å². The van der Waals surface area contributed by atoms with Crippen LogP contribution in [-0.4, -0.2) is 29.1 Å². The third-order valence-electron chi connectivity index (χ3n) is 4.13. The Labute approximate surface area is 132 Å². The molecule has 0 aliphatic carbocycles. The molecule has 0 saturated carbocycles. The van der Waals surface area contributed by atoms with Crippen molar-refractivity contribution >= 4 is 17.5 Å². The smallest absolute Gasteiger partial charge is 0.313 e. The number of carbonyl (C=O) groups excluding carboxylic acids is 2. The van der Waals surface area contributed by atoms with Crippen molar-refractivity contribution in [1.82, 2.24) is 5.32 Å². The lowest BCUT2D eigenvalue weighted by atomic mass is 9.89. The molecule has 2 atom stereocenters. The van der Waals surface area contributed by atoms with Crippen molar-refractivity contribution in [2.45, 2.75) is 46.1 Å². The van der Waals surface area contributed by atoms with Crippen LogP contribution in [0.3, 0.4) is 0 Å². The topological polar surface area (TPSA) is 78.4 Å². The molecule has 0 heterocycles. The van der Waals surface area contributed by atoms with E-state index >= 15 is 0 Å². The van der Waals surface area contributed by atoms with Crippen molar-refractivity contribution < 1.29 is 14.7 Å². The molecule has 122 valence electrons. The van der Waals surface area contributed by atoms with E-state index in [2.05, 4.69) is 10.6 Å². The predicted molar refractivity (Wildman–Crippen MR) is 87.5 cm³/mol. The maximum Gasteiger partial charge on any atom is 0.313 e. The number of amides is 2. The second-order valence-corrected chi connectivity index (χ2v) is 5.81. The minimum Gasteiger partial charge on any atom is -0.388 e. The van der Waals surface area contributed by atoms with Crippen molar-refractivity contribution in [3.63, 3.8) is 0 Å². The highest BCUT2D eigenvalue weighted by Crippen LogP contribution is 2.19. The highest BCUT2D eigenvalue weighted by Gasteiger charge is 2.28. The average molecular weight is 306 g/mol. The summed E-state index contributed by atoms with van der Waals surface area (Å²) in [6, 6.07) is 7.36. The number of aryl methyl sites for hydroxylation is 1. The second kappa shape index (κ2) is 7.94. The number of rotatable bonds is 6. The molecular formula is C17H26N2O3. The third-order valence-corrected chi connectivity index (χ3v) is 4.13. The summed E-state index contributed by atoms with van der Waals surface area (Å²) in [5, 5.41) is 15.3. The molecule has 0 saturated heterocycles. The number of aliphatic hydroxyl groups is 1. The molecule has 3 N–H and O–H groups in total. The summed E-state index contributed by atoms with van der Waals surface area (Å²) in [6.07, 6.45) is 1.56. The van der Waals surface area contributed by atoms with E-state index in [0.29, 0.717) is 5.69 Å². The molecule has 0 unspecified atom stereocenters. The Morgan fingerprint density at radius 1 is 1.23 bits per heavy atom. The van der Waals surface area contributed by atoms with E-state index in [4.69, 9.17) is 0 Å². The molecule has 0 bridgehead atoms. The van der Waals surface area contributed by atoms with Crippen molar-refractivity contribution in [2.75, 3.05) is 11.9 Å². The fourth-order valence-electron chi connectivity index (χ4n) is 2.08. The van der Waals surface area contributed by atoms with Crippen LogP contribution in [0.1, 0.15) is 39.7 Å². The predicted octanol–water partition coefficient (Wildman–Crippen LogP) is 2.10. The van der Waals surface area contributed by atoms with Crippen molar-refractivity contribution in [3.8, 4) is 0 Å². The summed E-state index contributed by atoms with van der Waals surface area (Å²) in [5.74, 6) is -1.44. The molecule has 5 heteroatoms. The quantitative estimate of drug-likeness (QED) is 0.704. The van der Waals surface area contributed by atoms with Crippen molar-refractivity contribution in [2.24, 2.45) is 5.92 Å². The van der Waals surface area contributed by atoms with Gasteiger partial charge in [0.25, 0.3) is 0 Å². The molecular weight excluding hydrogens is 280 g/mol. The maximum atomic E-state index is 11.9. The second-order valence-electron chi connectivity index (χ2n) is 5.81. The van der Waals surface area contributed by atoms with E-state index in [-0.39, 0.29) is 12.5 Å². The fourth-order valence-corrected chi connectivity index (χ4v) is 2.08. The number of para-hydroxylation sites is 1. The van der Waals surface area contributed by atoms with Gasteiger partial charge in [-0.15, -0.1) is 0 Å². The SMILES string of the molecule is CCc1ccccc1NC(=O)C(=O)NC[C@](C)(O)[C@@H](C)CC. The van der Waals surface area contributed by atoms with Crippen LogP contribution in [0.4, 0.5) is 5.69 Å². The molecule has 0 spiro atoms. The zero-order chi connectivity index (χ0) is 16.8. The van der Waals surface area contributed by atoms with Crippen LogP contribution >= 0.6 is 0 Å². The largest absolute Gasteiger partial charge is 0.388 e. The summed E-state index contributed by atoms with van der Waals surface area (Å²) in [7, 11) is 0. The normalized spacial score (nSPS) is 14.8. The van der Waals surface area contributed by atoms with Gasteiger partial charge in [-0.3, -0.25) is 9.59 Å². The van der Waals surface area contributed by atoms with Gasteiger partial charge in [0.05, 0.1) is 5.60 Å². The van der Waals surface area contributed by atoms with Gasteiger partial charge in [-0.1, -0.05) is 45.4 Å². The number of nitrogens with one attached hydrogen (secondary N) is 2. The van der Waals surface area contributed by atoms with Gasteiger partial charge >= 0.3 is 11.8 Å². The van der Waals surface area contributed by atoms with Gasteiger partial charge in [-0.05, 0) is 30.9 Å². The molecule has 1 aromatic rings. The summed E-state index contributed by atoms with van der Waals surface area (Å²) >= 11 is 0. The highest BCUT2D eigenvalue weighted by atomic mass is 16.3. The van der Waals surface area contributed by atoms with E-state index in [9.17, 15) is 14.7 Å². The first kappa shape index (κ1) is 18.2. The molecule has 1 rings (SSSR count). The fraction of sp³-hybridized carbons (Fsp3) is 0.529. The highest BCUT2D eigenvalue weighted by molar-refractivity contribution is 6.39. The minimum absolute atomic E-state index is 0.0247. The van der Waals surface area contributed by atoms with Crippen LogP contribution in [0.5, 0.6) is 0 Å². The third kappa shape index (κ3) is 4.84. The zero-order valence-corrected chi connectivity index (χ0v) is 13.8. The molecule has 0 aliphatic heterocycles. The first-order chi connectivity index (χ1) is 10.3. The Bertz CT molecular complexity index is 526. The molecule has 2 amide bonds. The van der Waals surface area contributed by atoms with Crippen molar-refractivity contribution in [1.29, 1.82) is 0 Å². The maximum absolute atomic E-state index is 11.9. The Morgan fingerprint density at radius 2 is 1.86 bits per heavy atom.